The molecule has 0 radical (unpaired) electrons. The summed E-state index contributed by atoms with van der Waals surface area (Å²) in [6, 6.07) is 12.1. The Bertz CT molecular complexity index is 355. The van der Waals surface area contributed by atoms with E-state index >= 15 is 0 Å². The summed E-state index contributed by atoms with van der Waals surface area (Å²) in [5.41, 5.74) is 1.43. The highest BCUT2D eigenvalue weighted by Gasteiger charge is 2.24. The van der Waals surface area contributed by atoms with Crippen LogP contribution in [0.15, 0.2) is 42.5 Å². The highest BCUT2D eigenvalue weighted by atomic mass is 15.2. The van der Waals surface area contributed by atoms with Crippen molar-refractivity contribution in [3.05, 3.63) is 48.0 Å². The van der Waals surface area contributed by atoms with Crippen molar-refractivity contribution < 1.29 is 0 Å². The van der Waals surface area contributed by atoms with Crippen molar-refractivity contribution in [2.24, 2.45) is 0 Å². The van der Waals surface area contributed by atoms with Crippen LogP contribution < -0.4 is 0 Å². The Hall–Kier alpha value is -1.08. The van der Waals surface area contributed by atoms with Crippen LogP contribution in [-0.2, 0) is 0 Å². The summed E-state index contributed by atoms with van der Waals surface area (Å²) in [5.74, 6) is 0. The van der Waals surface area contributed by atoms with Crippen molar-refractivity contribution in [2.75, 3.05) is 6.54 Å². The van der Waals surface area contributed by atoms with E-state index in [-0.39, 0.29) is 0 Å². The largest absolute Gasteiger partial charge is 0.290 e. The van der Waals surface area contributed by atoms with Crippen LogP contribution in [-0.4, -0.2) is 17.5 Å². The van der Waals surface area contributed by atoms with Crippen molar-refractivity contribution in [1.29, 1.82) is 0 Å². The van der Waals surface area contributed by atoms with Crippen molar-refractivity contribution in [3.8, 4) is 0 Å². The molecule has 0 unspecified atom stereocenters. The predicted octanol–water partition coefficient (Wildman–Crippen LogP) is 4.18. The molecule has 92 valence electrons. The maximum absolute atomic E-state index is 2.64. The Kier molecular flexibility index (Phi) is 4.38. The Morgan fingerprint density at radius 3 is 2.71 bits per heavy atom. The molecule has 17 heavy (non-hydrogen) atoms. The van der Waals surface area contributed by atoms with Crippen LogP contribution in [0.3, 0.4) is 0 Å². The number of hydrogen-bond acceptors (Lipinski definition) is 1. The lowest BCUT2D eigenvalue weighted by molar-refractivity contribution is 0.145. The van der Waals surface area contributed by atoms with E-state index < -0.39 is 0 Å². The third-order valence-electron chi connectivity index (χ3n) is 3.76. The van der Waals surface area contributed by atoms with Crippen LogP contribution in [0.1, 0.15) is 44.7 Å². The van der Waals surface area contributed by atoms with E-state index in [0.717, 1.165) is 12.6 Å². The Morgan fingerprint density at radius 2 is 2.00 bits per heavy atom. The fraction of sp³-hybridized carbons (Fsp3) is 0.500. The van der Waals surface area contributed by atoms with Gasteiger partial charge < -0.3 is 0 Å². The minimum absolute atomic E-state index is 0.526. The lowest BCUT2D eigenvalue weighted by Gasteiger charge is -2.37. The van der Waals surface area contributed by atoms with E-state index in [2.05, 4.69) is 61.2 Å². The average molecular weight is 229 g/mol. The molecule has 1 heteroatoms. The third kappa shape index (κ3) is 2.98. The zero-order valence-corrected chi connectivity index (χ0v) is 11.0. The van der Waals surface area contributed by atoms with E-state index in [1.807, 2.05) is 0 Å². The van der Waals surface area contributed by atoms with Gasteiger partial charge in [0.2, 0.25) is 0 Å². The molecule has 0 aliphatic carbocycles. The van der Waals surface area contributed by atoms with Crippen LogP contribution in [0, 0.1) is 0 Å². The maximum Gasteiger partial charge on any atom is 0.0326 e. The van der Waals surface area contributed by atoms with Crippen molar-refractivity contribution in [3.63, 3.8) is 0 Å². The van der Waals surface area contributed by atoms with Gasteiger partial charge in [-0.25, -0.2) is 0 Å². The van der Waals surface area contributed by atoms with Gasteiger partial charge >= 0.3 is 0 Å². The summed E-state index contributed by atoms with van der Waals surface area (Å²) in [7, 11) is 0. The van der Waals surface area contributed by atoms with Gasteiger partial charge in [0.15, 0.2) is 0 Å². The first-order valence-electron chi connectivity index (χ1n) is 6.78. The molecule has 1 heterocycles. The highest BCUT2D eigenvalue weighted by Crippen LogP contribution is 2.27. The van der Waals surface area contributed by atoms with Gasteiger partial charge in [-0.15, -0.1) is 0 Å². The molecule has 2 atom stereocenters. The minimum Gasteiger partial charge on any atom is -0.290 e. The molecule has 0 spiro atoms. The summed E-state index contributed by atoms with van der Waals surface area (Å²) in [5, 5.41) is 0. The van der Waals surface area contributed by atoms with Gasteiger partial charge in [0, 0.05) is 18.6 Å². The van der Waals surface area contributed by atoms with E-state index in [9.17, 15) is 0 Å². The molecule has 0 aromatic heterocycles. The number of hydrogen-bond donors (Lipinski definition) is 0. The molecule has 2 rings (SSSR count). The van der Waals surface area contributed by atoms with Crippen LogP contribution in [0.2, 0.25) is 0 Å². The van der Waals surface area contributed by atoms with Crippen molar-refractivity contribution in [2.45, 2.75) is 45.2 Å². The van der Waals surface area contributed by atoms with E-state index in [1.165, 1.54) is 24.8 Å². The standard InChI is InChI=1S/C16H23N/c1-3-9-16-12-7-8-13-17(16)14(2)15-10-5-4-6-11-15/h4-8,10-11,14,16H,3,9,12-13H2,1-2H3/t14-,16-/m0/s1. The third-order valence-corrected chi connectivity index (χ3v) is 3.76. The second-order valence-corrected chi connectivity index (χ2v) is 4.93. The molecule has 1 aliphatic heterocycles. The maximum atomic E-state index is 2.64. The van der Waals surface area contributed by atoms with E-state index in [1.54, 1.807) is 0 Å². The fourth-order valence-electron chi connectivity index (χ4n) is 2.75. The zero-order valence-electron chi connectivity index (χ0n) is 11.0. The van der Waals surface area contributed by atoms with Crippen molar-refractivity contribution in [1.82, 2.24) is 4.90 Å². The second kappa shape index (κ2) is 6.02. The molecule has 1 nitrogen and oxygen atoms in total. The first kappa shape index (κ1) is 12.4. The number of benzene rings is 1. The zero-order chi connectivity index (χ0) is 12.1. The first-order valence-corrected chi connectivity index (χ1v) is 6.78. The predicted molar refractivity (Wildman–Crippen MR) is 74.0 cm³/mol. The molecule has 0 saturated carbocycles. The topological polar surface area (TPSA) is 3.24 Å². The molecular formula is C16H23N. The fourth-order valence-corrected chi connectivity index (χ4v) is 2.75. The van der Waals surface area contributed by atoms with Crippen LogP contribution in [0.5, 0.6) is 0 Å². The molecule has 0 bridgehead atoms. The van der Waals surface area contributed by atoms with E-state index in [4.69, 9.17) is 0 Å². The van der Waals surface area contributed by atoms with Gasteiger partial charge in [-0.3, -0.25) is 4.90 Å². The van der Waals surface area contributed by atoms with Gasteiger partial charge in [-0.2, -0.15) is 0 Å². The first-order chi connectivity index (χ1) is 8.33. The molecule has 1 aromatic rings. The van der Waals surface area contributed by atoms with Gasteiger partial charge in [0.25, 0.3) is 0 Å². The molecular weight excluding hydrogens is 206 g/mol. The molecule has 1 aromatic carbocycles. The average Bonchev–Trinajstić information content (AvgIpc) is 2.40. The summed E-state index contributed by atoms with van der Waals surface area (Å²) in [6.45, 7) is 5.71. The van der Waals surface area contributed by atoms with Crippen LogP contribution in [0.25, 0.3) is 0 Å². The summed E-state index contributed by atoms with van der Waals surface area (Å²) in [4.78, 5) is 2.64. The second-order valence-electron chi connectivity index (χ2n) is 4.93. The molecule has 0 fully saturated rings. The van der Waals surface area contributed by atoms with Gasteiger partial charge in [-0.1, -0.05) is 55.8 Å². The Labute approximate surface area is 105 Å². The molecule has 0 N–H and O–H groups in total. The van der Waals surface area contributed by atoms with Gasteiger partial charge in [0.05, 0.1) is 0 Å². The Balaban J connectivity index is 2.11. The molecule has 1 aliphatic rings. The number of rotatable bonds is 4. The summed E-state index contributed by atoms with van der Waals surface area (Å²) in [6.07, 6.45) is 8.45. The lowest BCUT2D eigenvalue weighted by Crippen LogP contribution is -2.39. The Morgan fingerprint density at radius 1 is 1.24 bits per heavy atom. The van der Waals surface area contributed by atoms with Gasteiger partial charge in [-0.05, 0) is 25.3 Å². The lowest BCUT2D eigenvalue weighted by atomic mass is 9.98. The van der Waals surface area contributed by atoms with Crippen LogP contribution >= 0.6 is 0 Å². The van der Waals surface area contributed by atoms with Crippen LogP contribution in [0.4, 0.5) is 0 Å². The van der Waals surface area contributed by atoms with Gasteiger partial charge in [0.1, 0.15) is 0 Å². The SMILES string of the molecule is CCC[C@H]1CC=CCN1[C@@H](C)c1ccccc1. The molecule has 0 saturated heterocycles. The monoisotopic (exact) mass is 229 g/mol. The normalized spacial score (nSPS) is 22.6. The summed E-state index contributed by atoms with van der Waals surface area (Å²) >= 11 is 0. The minimum atomic E-state index is 0.526. The molecule has 0 amide bonds. The summed E-state index contributed by atoms with van der Waals surface area (Å²) < 4.78 is 0. The van der Waals surface area contributed by atoms with Crippen molar-refractivity contribution >= 4 is 0 Å². The van der Waals surface area contributed by atoms with E-state index in [0.29, 0.717) is 6.04 Å². The highest BCUT2D eigenvalue weighted by molar-refractivity contribution is 5.19. The number of nitrogens with zero attached hydrogens (tertiary/aromatic N) is 1. The quantitative estimate of drug-likeness (QED) is 0.700. The smallest absolute Gasteiger partial charge is 0.0326 e.